The van der Waals surface area contributed by atoms with Crippen LogP contribution in [0.4, 0.5) is 0 Å². The molecule has 0 aliphatic heterocycles. The Bertz CT molecular complexity index is 523. The third-order valence-corrected chi connectivity index (χ3v) is 3.33. The van der Waals surface area contributed by atoms with Crippen molar-refractivity contribution in [2.24, 2.45) is 0 Å². The highest BCUT2D eigenvalue weighted by Crippen LogP contribution is 2.27. The average molecular weight is 280 g/mol. The molecule has 0 bridgehead atoms. The molecule has 0 aliphatic rings. The standard InChI is InChI=1S/C8H8O7S2/c1-5-2-6(16-15-14-10)3-8(7(5)4-9)17(11,12)13/h2-4,10H,1H3,(H,11,12,13). The van der Waals surface area contributed by atoms with Gasteiger partial charge in [0.2, 0.25) is 0 Å². The van der Waals surface area contributed by atoms with Crippen molar-refractivity contribution >= 4 is 28.4 Å². The number of aryl methyl sites for hydroxylation is 1. The van der Waals surface area contributed by atoms with Gasteiger partial charge in [-0.05, 0) is 24.6 Å². The fourth-order valence-electron chi connectivity index (χ4n) is 1.20. The van der Waals surface area contributed by atoms with E-state index < -0.39 is 15.0 Å². The molecule has 0 radical (unpaired) electrons. The average Bonchev–Trinajstić information content (AvgIpc) is 2.24. The van der Waals surface area contributed by atoms with Gasteiger partial charge in [-0.2, -0.15) is 8.42 Å². The minimum absolute atomic E-state index is 0.137. The van der Waals surface area contributed by atoms with Gasteiger partial charge in [-0.25, -0.2) is 5.26 Å². The Morgan fingerprint density at radius 3 is 2.53 bits per heavy atom. The van der Waals surface area contributed by atoms with Crippen molar-refractivity contribution in [1.29, 1.82) is 0 Å². The van der Waals surface area contributed by atoms with Gasteiger partial charge in [-0.1, -0.05) is 5.04 Å². The molecule has 1 rings (SSSR count). The summed E-state index contributed by atoms with van der Waals surface area (Å²) in [6.07, 6.45) is 0.330. The number of hydrogen-bond donors (Lipinski definition) is 2. The van der Waals surface area contributed by atoms with Crippen LogP contribution >= 0.6 is 12.0 Å². The van der Waals surface area contributed by atoms with Crippen molar-refractivity contribution in [2.75, 3.05) is 0 Å². The van der Waals surface area contributed by atoms with Crippen LogP contribution in [0.1, 0.15) is 15.9 Å². The van der Waals surface area contributed by atoms with E-state index in [1.807, 2.05) is 0 Å². The zero-order valence-electron chi connectivity index (χ0n) is 8.48. The van der Waals surface area contributed by atoms with Gasteiger partial charge in [0.1, 0.15) is 4.90 Å². The van der Waals surface area contributed by atoms with Crippen LogP contribution in [0.25, 0.3) is 0 Å². The Morgan fingerprint density at radius 2 is 2.06 bits per heavy atom. The van der Waals surface area contributed by atoms with Crippen molar-refractivity contribution in [1.82, 2.24) is 0 Å². The highest BCUT2D eigenvalue weighted by Gasteiger charge is 2.18. The predicted octanol–water partition coefficient (Wildman–Crippen LogP) is 1.48. The van der Waals surface area contributed by atoms with E-state index >= 15 is 0 Å². The molecule has 0 saturated carbocycles. The summed E-state index contributed by atoms with van der Waals surface area (Å²) in [7, 11) is -4.52. The molecule has 0 fully saturated rings. The summed E-state index contributed by atoms with van der Waals surface area (Å²) in [5, 5.41) is 11.3. The first-order chi connectivity index (χ1) is 7.90. The van der Waals surface area contributed by atoms with Crippen LogP contribution in [-0.4, -0.2) is 24.5 Å². The minimum Gasteiger partial charge on any atom is -0.298 e. The molecule has 0 spiro atoms. The highest BCUT2D eigenvalue weighted by atomic mass is 32.2. The van der Waals surface area contributed by atoms with Gasteiger partial charge in [-0.3, -0.25) is 9.35 Å². The zero-order chi connectivity index (χ0) is 13.1. The number of carbonyl (C=O) groups excluding carboxylic acids is 1. The van der Waals surface area contributed by atoms with E-state index in [1.165, 1.54) is 13.0 Å². The Hall–Kier alpha value is -0.970. The third kappa shape index (κ3) is 3.49. The van der Waals surface area contributed by atoms with E-state index in [-0.39, 0.29) is 10.5 Å². The highest BCUT2D eigenvalue weighted by molar-refractivity contribution is 7.94. The van der Waals surface area contributed by atoms with E-state index in [9.17, 15) is 13.2 Å². The topological polar surface area (TPSA) is 110 Å². The van der Waals surface area contributed by atoms with Gasteiger partial charge in [-0.15, -0.1) is 4.33 Å². The number of aldehydes is 1. The lowest BCUT2D eigenvalue weighted by Gasteiger charge is -2.07. The first kappa shape index (κ1) is 14.1. The van der Waals surface area contributed by atoms with Crippen LogP contribution in [0, 0.1) is 6.92 Å². The maximum absolute atomic E-state index is 11.1. The second kappa shape index (κ2) is 5.58. The van der Waals surface area contributed by atoms with Crippen LogP contribution in [0.5, 0.6) is 0 Å². The number of carbonyl (C=O) groups is 1. The van der Waals surface area contributed by atoms with Crippen molar-refractivity contribution in [3.05, 3.63) is 23.3 Å². The van der Waals surface area contributed by atoms with Crippen LogP contribution in [0.3, 0.4) is 0 Å². The smallest absolute Gasteiger partial charge is 0.295 e. The largest absolute Gasteiger partial charge is 0.298 e. The second-order valence-corrected chi connectivity index (χ2v) is 5.13. The van der Waals surface area contributed by atoms with Gasteiger partial charge in [0.25, 0.3) is 10.1 Å². The Labute approximate surface area is 101 Å². The van der Waals surface area contributed by atoms with Crippen molar-refractivity contribution < 1.29 is 32.4 Å². The summed E-state index contributed by atoms with van der Waals surface area (Å²) in [5.74, 6) is 0. The van der Waals surface area contributed by atoms with Gasteiger partial charge >= 0.3 is 0 Å². The number of hydrogen-bond acceptors (Lipinski definition) is 7. The molecule has 0 atom stereocenters. The van der Waals surface area contributed by atoms with Crippen molar-refractivity contribution in [2.45, 2.75) is 16.7 Å². The maximum atomic E-state index is 11.1. The lowest BCUT2D eigenvalue weighted by molar-refractivity contribution is -0.432. The van der Waals surface area contributed by atoms with Crippen LogP contribution < -0.4 is 0 Å². The van der Waals surface area contributed by atoms with Gasteiger partial charge in [0.15, 0.2) is 6.29 Å². The number of rotatable bonds is 5. The molecule has 0 heterocycles. The molecule has 94 valence electrons. The molecule has 9 heteroatoms. The van der Waals surface area contributed by atoms with Gasteiger partial charge < -0.3 is 0 Å². The summed E-state index contributed by atoms with van der Waals surface area (Å²) in [5.41, 5.74) is 0.195. The molecule has 0 unspecified atom stereocenters. The summed E-state index contributed by atoms with van der Waals surface area (Å²) < 4.78 is 35.2. The van der Waals surface area contributed by atoms with Crippen molar-refractivity contribution in [3.8, 4) is 0 Å². The van der Waals surface area contributed by atoms with E-state index in [0.717, 1.165) is 6.07 Å². The summed E-state index contributed by atoms with van der Waals surface area (Å²) in [6, 6.07) is 2.46. The van der Waals surface area contributed by atoms with E-state index in [2.05, 4.69) is 9.37 Å². The number of benzene rings is 1. The molecular weight excluding hydrogens is 272 g/mol. The van der Waals surface area contributed by atoms with Gasteiger partial charge in [0, 0.05) is 10.5 Å². The first-order valence-electron chi connectivity index (χ1n) is 4.12. The van der Waals surface area contributed by atoms with E-state index in [0.29, 0.717) is 23.9 Å². The molecule has 1 aromatic carbocycles. The quantitative estimate of drug-likeness (QED) is 0.274. The van der Waals surface area contributed by atoms with Crippen LogP contribution in [0.2, 0.25) is 0 Å². The SMILES string of the molecule is Cc1cc(SOOO)cc(S(=O)(=O)O)c1C=O. The molecule has 0 amide bonds. The molecular formula is C8H8O7S2. The maximum Gasteiger partial charge on any atom is 0.295 e. The fraction of sp³-hybridized carbons (Fsp3) is 0.125. The Balaban J connectivity index is 3.34. The van der Waals surface area contributed by atoms with Gasteiger partial charge in [0.05, 0.1) is 12.0 Å². The molecule has 0 aliphatic carbocycles. The molecule has 17 heavy (non-hydrogen) atoms. The first-order valence-corrected chi connectivity index (χ1v) is 6.30. The van der Waals surface area contributed by atoms with E-state index in [4.69, 9.17) is 9.81 Å². The zero-order valence-corrected chi connectivity index (χ0v) is 10.1. The molecule has 0 saturated heterocycles. The molecule has 7 nitrogen and oxygen atoms in total. The van der Waals surface area contributed by atoms with Crippen LogP contribution in [0.15, 0.2) is 21.9 Å². The molecule has 2 N–H and O–H groups in total. The molecule has 1 aromatic rings. The lowest BCUT2D eigenvalue weighted by Crippen LogP contribution is -2.05. The minimum atomic E-state index is -4.52. The lowest BCUT2D eigenvalue weighted by atomic mass is 10.1. The van der Waals surface area contributed by atoms with Crippen LogP contribution in [-0.2, 0) is 19.5 Å². The summed E-state index contributed by atoms with van der Waals surface area (Å²) >= 11 is 0.520. The fourth-order valence-corrected chi connectivity index (χ4v) is 2.54. The van der Waals surface area contributed by atoms with Crippen molar-refractivity contribution in [3.63, 3.8) is 0 Å². The van der Waals surface area contributed by atoms with E-state index in [1.54, 1.807) is 0 Å². The Morgan fingerprint density at radius 1 is 1.41 bits per heavy atom. The summed E-state index contributed by atoms with van der Waals surface area (Å²) in [6.45, 7) is 1.49. The predicted molar refractivity (Wildman–Crippen MR) is 57.0 cm³/mol. The molecule has 0 aromatic heterocycles. The Kier molecular flexibility index (Phi) is 4.62. The third-order valence-electron chi connectivity index (χ3n) is 1.88. The normalized spacial score (nSPS) is 11.5. The monoisotopic (exact) mass is 280 g/mol. The second-order valence-electron chi connectivity index (χ2n) is 2.97. The summed E-state index contributed by atoms with van der Waals surface area (Å²) in [4.78, 5) is 10.4.